The molecule has 0 saturated carbocycles. The lowest BCUT2D eigenvalue weighted by atomic mass is 10.1. The van der Waals surface area contributed by atoms with Crippen molar-refractivity contribution in [1.82, 2.24) is 9.88 Å². The minimum atomic E-state index is -3.28. The fraction of sp³-hybridized carbons (Fsp3) is 0.462. The van der Waals surface area contributed by atoms with Gasteiger partial charge in [-0.15, -0.1) is 0 Å². The molecule has 0 radical (unpaired) electrons. The van der Waals surface area contributed by atoms with Gasteiger partial charge in [0.1, 0.15) is 0 Å². The zero-order valence-corrected chi connectivity index (χ0v) is 12.1. The number of carboxylic acids is 1. The summed E-state index contributed by atoms with van der Waals surface area (Å²) in [6.45, 7) is 0.0458. The quantitative estimate of drug-likeness (QED) is 0.820. The molecule has 1 N–H and O–H groups in total. The third-order valence-corrected chi connectivity index (χ3v) is 5.06. The van der Waals surface area contributed by atoms with E-state index in [9.17, 15) is 18.0 Å². The Morgan fingerprint density at radius 1 is 1.33 bits per heavy atom. The van der Waals surface area contributed by atoms with Gasteiger partial charge in [0.15, 0.2) is 9.84 Å². The number of carbonyl (C=O) groups is 2. The van der Waals surface area contributed by atoms with Crippen LogP contribution in [-0.4, -0.2) is 59.4 Å². The number of rotatable bonds is 4. The third kappa shape index (κ3) is 4.25. The van der Waals surface area contributed by atoms with E-state index in [2.05, 4.69) is 4.98 Å². The molecular weight excluding hydrogens is 296 g/mol. The molecule has 2 rings (SSSR count). The highest BCUT2D eigenvalue weighted by molar-refractivity contribution is 7.91. The van der Waals surface area contributed by atoms with Gasteiger partial charge < -0.3 is 10.0 Å². The van der Waals surface area contributed by atoms with E-state index in [0.29, 0.717) is 0 Å². The molecule has 1 aromatic heterocycles. The molecular formula is C13H16N2O5S. The number of aromatic nitrogens is 1. The Morgan fingerprint density at radius 3 is 2.62 bits per heavy atom. The molecule has 2 heterocycles. The molecule has 114 valence electrons. The predicted molar refractivity (Wildman–Crippen MR) is 74.3 cm³/mol. The van der Waals surface area contributed by atoms with E-state index in [1.165, 1.54) is 4.90 Å². The fourth-order valence-corrected chi connectivity index (χ4v) is 3.89. The van der Waals surface area contributed by atoms with Gasteiger partial charge >= 0.3 is 5.97 Å². The van der Waals surface area contributed by atoms with Crippen molar-refractivity contribution >= 4 is 21.7 Å². The summed E-state index contributed by atoms with van der Waals surface area (Å²) in [5.41, 5.74) is 0.762. The van der Waals surface area contributed by atoms with Crippen LogP contribution in [0.2, 0.25) is 0 Å². The van der Waals surface area contributed by atoms with Crippen LogP contribution in [0.15, 0.2) is 24.5 Å². The maximum Gasteiger partial charge on any atom is 0.305 e. The third-order valence-electron chi connectivity index (χ3n) is 3.37. The first-order valence-corrected chi connectivity index (χ1v) is 8.30. The molecule has 1 unspecified atom stereocenters. The zero-order chi connectivity index (χ0) is 15.5. The minimum absolute atomic E-state index is 0.0458. The van der Waals surface area contributed by atoms with Crippen LogP contribution in [0, 0.1) is 0 Å². The van der Waals surface area contributed by atoms with E-state index in [1.807, 2.05) is 0 Å². The van der Waals surface area contributed by atoms with E-state index in [1.54, 1.807) is 24.5 Å². The maximum atomic E-state index is 12.3. The Hall–Kier alpha value is -1.96. The van der Waals surface area contributed by atoms with Gasteiger partial charge in [-0.2, -0.15) is 0 Å². The van der Waals surface area contributed by atoms with Gasteiger partial charge in [0.25, 0.3) is 0 Å². The van der Waals surface area contributed by atoms with Gasteiger partial charge in [-0.3, -0.25) is 14.6 Å². The molecule has 0 aliphatic carbocycles. The number of aliphatic carboxylic acids is 1. The highest BCUT2D eigenvalue weighted by atomic mass is 32.2. The summed E-state index contributed by atoms with van der Waals surface area (Å²) in [6, 6.07) is 2.60. The van der Waals surface area contributed by atoms with Gasteiger partial charge in [-0.05, 0) is 17.7 Å². The number of hydrogen-bond acceptors (Lipinski definition) is 5. The van der Waals surface area contributed by atoms with E-state index in [-0.39, 0.29) is 36.8 Å². The highest BCUT2D eigenvalue weighted by Gasteiger charge is 2.35. The second kappa shape index (κ2) is 6.21. The molecule has 1 atom stereocenters. The summed E-state index contributed by atoms with van der Waals surface area (Å²) >= 11 is 0. The molecule has 1 fully saturated rings. The van der Waals surface area contributed by atoms with Crippen LogP contribution >= 0.6 is 0 Å². The SMILES string of the molecule is O=C(O)CC1CS(=O)(=O)CCN1C(=O)Cc1ccncc1. The molecule has 7 nitrogen and oxygen atoms in total. The average molecular weight is 312 g/mol. The Bertz CT molecular complexity index is 629. The van der Waals surface area contributed by atoms with E-state index >= 15 is 0 Å². The molecule has 1 aliphatic heterocycles. The normalized spacial score (nSPS) is 21.0. The smallest absolute Gasteiger partial charge is 0.305 e. The fourth-order valence-electron chi connectivity index (χ4n) is 2.36. The molecule has 8 heteroatoms. The highest BCUT2D eigenvalue weighted by Crippen LogP contribution is 2.16. The van der Waals surface area contributed by atoms with Gasteiger partial charge in [0.2, 0.25) is 5.91 Å². The topological polar surface area (TPSA) is 105 Å². The summed E-state index contributed by atoms with van der Waals surface area (Å²) in [5.74, 6) is -1.78. The van der Waals surface area contributed by atoms with Crippen LogP contribution in [-0.2, 0) is 25.8 Å². The first kappa shape index (κ1) is 15.4. The summed E-state index contributed by atoms with van der Waals surface area (Å²) in [6.07, 6.45) is 2.88. The Labute approximate surface area is 122 Å². The van der Waals surface area contributed by atoms with Gasteiger partial charge in [-0.1, -0.05) is 0 Å². The van der Waals surface area contributed by atoms with Crippen LogP contribution in [0.1, 0.15) is 12.0 Å². The Morgan fingerprint density at radius 2 is 2.00 bits per heavy atom. The number of hydrogen-bond donors (Lipinski definition) is 1. The van der Waals surface area contributed by atoms with Gasteiger partial charge in [0.05, 0.1) is 30.4 Å². The van der Waals surface area contributed by atoms with Crippen LogP contribution in [0.25, 0.3) is 0 Å². The maximum absolute atomic E-state index is 12.3. The van der Waals surface area contributed by atoms with Crippen molar-refractivity contribution < 1.29 is 23.1 Å². The number of carbonyl (C=O) groups excluding carboxylic acids is 1. The van der Waals surface area contributed by atoms with Crippen molar-refractivity contribution in [3.05, 3.63) is 30.1 Å². The van der Waals surface area contributed by atoms with Crippen molar-refractivity contribution in [2.45, 2.75) is 18.9 Å². The minimum Gasteiger partial charge on any atom is -0.481 e. The molecule has 1 aliphatic rings. The van der Waals surface area contributed by atoms with Crippen LogP contribution in [0.4, 0.5) is 0 Å². The van der Waals surface area contributed by atoms with E-state index in [0.717, 1.165) is 5.56 Å². The zero-order valence-electron chi connectivity index (χ0n) is 11.3. The van der Waals surface area contributed by atoms with Crippen molar-refractivity contribution in [1.29, 1.82) is 0 Å². The largest absolute Gasteiger partial charge is 0.481 e. The number of amides is 1. The second-order valence-corrected chi connectivity index (χ2v) is 7.21. The summed E-state index contributed by atoms with van der Waals surface area (Å²) in [4.78, 5) is 28.4. The molecule has 1 aromatic rings. The monoisotopic (exact) mass is 312 g/mol. The van der Waals surface area contributed by atoms with Crippen LogP contribution in [0.3, 0.4) is 0 Å². The molecule has 1 saturated heterocycles. The number of pyridine rings is 1. The Kier molecular flexibility index (Phi) is 4.56. The Balaban J connectivity index is 2.11. The van der Waals surface area contributed by atoms with Gasteiger partial charge in [0, 0.05) is 18.9 Å². The first-order chi connectivity index (χ1) is 9.87. The van der Waals surface area contributed by atoms with Crippen molar-refractivity contribution in [2.24, 2.45) is 0 Å². The lowest BCUT2D eigenvalue weighted by Gasteiger charge is -2.34. The summed E-state index contributed by atoms with van der Waals surface area (Å²) < 4.78 is 23.3. The average Bonchev–Trinajstić information content (AvgIpc) is 2.38. The summed E-state index contributed by atoms with van der Waals surface area (Å²) in [5, 5.41) is 8.88. The summed E-state index contributed by atoms with van der Waals surface area (Å²) in [7, 11) is -3.28. The van der Waals surface area contributed by atoms with Gasteiger partial charge in [-0.25, -0.2) is 8.42 Å². The molecule has 0 aromatic carbocycles. The predicted octanol–water partition coefficient (Wildman–Crippen LogP) is -0.276. The lowest BCUT2D eigenvalue weighted by molar-refractivity contribution is -0.140. The molecule has 21 heavy (non-hydrogen) atoms. The number of nitrogens with zero attached hydrogens (tertiary/aromatic N) is 2. The van der Waals surface area contributed by atoms with Crippen molar-refractivity contribution in [3.8, 4) is 0 Å². The molecule has 1 amide bonds. The molecule has 0 spiro atoms. The standard InChI is InChI=1S/C13H16N2O5S/c16-12(7-10-1-3-14-4-2-10)15-5-6-21(19,20)9-11(15)8-13(17)18/h1-4,11H,5-9H2,(H,17,18). The molecule has 0 bridgehead atoms. The van der Waals surface area contributed by atoms with Crippen molar-refractivity contribution in [3.63, 3.8) is 0 Å². The van der Waals surface area contributed by atoms with Crippen LogP contribution < -0.4 is 0 Å². The van der Waals surface area contributed by atoms with Crippen molar-refractivity contribution in [2.75, 3.05) is 18.1 Å². The second-order valence-electron chi connectivity index (χ2n) is 4.99. The van der Waals surface area contributed by atoms with E-state index in [4.69, 9.17) is 5.11 Å². The lowest BCUT2D eigenvalue weighted by Crippen LogP contribution is -2.52. The van der Waals surface area contributed by atoms with E-state index < -0.39 is 21.8 Å². The number of carboxylic acid groups (broad SMARTS) is 1. The number of sulfone groups is 1. The first-order valence-electron chi connectivity index (χ1n) is 6.48. The van der Waals surface area contributed by atoms with Crippen LogP contribution in [0.5, 0.6) is 0 Å².